The number of amides is 2. The lowest BCUT2D eigenvalue weighted by Crippen LogP contribution is -2.29. The van der Waals surface area contributed by atoms with Gasteiger partial charge in [0.1, 0.15) is 0 Å². The maximum atomic E-state index is 11.9. The molecule has 3 rings (SSSR count). The average Bonchev–Trinajstić information content (AvgIpc) is 2.92. The van der Waals surface area contributed by atoms with E-state index in [0.717, 1.165) is 11.2 Å². The van der Waals surface area contributed by atoms with Gasteiger partial charge >= 0.3 is 6.03 Å². The summed E-state index contributed by atoms with van der Waals surface area (Å²) < 4.78 is 1.82. The van der Waals surface area contributed by atoms with Crippen LogP contribution in [0.3, 0.4) is 0 Å². The van der Waals surface area contributed by atoms with Crippen molar-refractivity contribution in [1.29, 1.82) is 0 Å². The Morgan fingerprint density at radius 3 is 2.95 bits per heavy atom. The van der Waals surface area contributed by atoms with Crippen LogP contribution in [0, 0.1) is 6.92 Å². The highest BCUT2D eigenvalue weighted by Gasteiger charge is 2.07. The molecular weight excluding hydrogens is 302 g/mol. The number of pyridine rings is 1. The van der Waals surface area contributed by atoms with E-state index in [-0.39, 0.29) is 12.6 Å². The van der Waals surface area contributed by atoms with Crippen LogP contribution in [0.2, 0.25) is 5.02 Å². The number of carbonyl (C=O) groups excluding carboxylic acids is 1. The lowest BCUT2D eigenvalue weighted by atomic mass is 10.2. The molecule has 0 atom stereocenters. The van der Waals surface area contributed by atoms with Gasteiger partial charge < -0.3 is 10.6 Å². The topological polar surface area (TPSA) is 71.3 Å². The predicted octanol–water partition coefficient (Wildman–Crippen LogP) is 3.01. The molecule has 112 valence electrons. The fourth-order valence-corrected chi connectivity index (χ4v) is 2.20. The smallest absolute Gasteiger partial charge is 0.319 e. The van der Waals surface area contributed by atoms with E-state index in [1.54, 1.807) is 12.1 Å². The van der Waals surface area contributed by atoms with Gasteiger partial charge in [-0.15, -0.1) is 10.2 Å². The zero-order chi connectivity index (χ0) is 15.5. The van der Waals surface area contributed by atoms with E-state index < -0.39 is 0 Å². The Kier molecular flexibility index (Phi) is 3.93. The first kappa shape index (κ1) is 14.3. The van der Waals surface area contributed by atoms with E-state index in [1.807, 2.05) is 41.8 Å². The Hall–Kier alpha value is -2.60. The van der Waals surface area contributed by atoms with Crippen molar-refractivity contribution in [3.05, 3.63) is 59.0 Å². The number of anilines is 1. The van der Waals surface area contributed by atoms with Gasteiger partial charge in [0.15, 0.2) is 11.5 Å². The summed E-state index contributed by atoms with van der Waals surface area (Å²) in [4.78, 5) is 11.9. The van der Waals surface area contributed by atoms with Crippen LogP contribution >= 0.6 is 11.6 Å². The highest BCUT2D eigenvalue weighted by Crippen LogP contribution is 2.19. The summed E-state index contributed by atoms with van der Waals surface area (Å²) in [6, 6.07) is 10.7. The summed E-state index contributed by atoms with van der Waals surface area (Å²) in [5.74, 6) is 0.660. The molecule has 22 heavy (non-hydrogen) atoms. The minimum Gasteiger partial charge on any atom is -0.331 e. The van der Waals surface area contributed by atoms with Crippen LogP contribution in [-0.4, -0.2) is 20.6 Å². The number of rotatable bonds is 3. The molecule has 0 radical (unpaired) electrons. The van der Waals surface area contributed by atoms with Crippen molar-refractivity contribution in [3.63, 3.8) is 0 Å². The number of hydrogen-bond donors (Lipinski definition) is 2. The van der Waals surface area contributed by atoms with Crippen LogP contribution in [-0.2, 0) is 6.54 Å². The molecule has 3 aromatic rings. The molecule has 2 amide bonds. The second kappa shape index (κ2) is 6.03. The predicted molar refractivity (Wildman–Crippen MR) is 85.0 cm³/mol. The van der Waals surface area contributed by atoms with Gasteiger partial charge in [0.2, 0.25) is 0 Å². The third kappa shape index (κ3) is 3.01. The lowest BCUT2D eigenvalue weighted by Gasteiger charge is -2.08. The SMILES string of the molecule is Cc1ccc(NC(=O)NCc2nnc3ccccn23)cc1Cl. The van der Waals surface area contributed by atoms with E-state index in [4.69, 9.17) is 11.6 Å². The molecule has 0 unspecified atom stereocenters. The Bertz CT molecular complexity index is 830. The lowest BCUT2D eigenvalue weighted by molar-refractivity contribution is 0.251. The van der Waals surface area contributed by atoms with Crippen LogP contribution < -0.4 is 10.6 Å². The van der Waals surface area contributed by atoms with Gasteiger partial charge in [-0.05, 0) is 36.8 Å². The van der Waals surface area contributed by atoms with Crippen molar-refractivity contribution in [2.24, 2.45) is 0 Å². The normalized spacial score (nSPS) is 10.6. The number of aryl methyl sites for hydroxylation is 1. The zero-order valence-electron chi connectivity index (χ0n) is 11.9. The highest BCUT2D eigenvalue weighted by atomic mass is 35.5. The number of nitrogens with one attached hydrogen (secondary N) is 2. The fraction of sp³-hybridized carbons (Fsp3) is 0.133. The van der Waals surface area contributed by atoms with Gasteiger partial charge in [-0.25, -0.2) is 4.79 Å². The highest BCUT2D eigenvalue weighted by molar-refractivity contribution is 6.31. The molecule has 1 aromatic carbocycles. The van der Waals surface area contributed by atoms with Crippen LogP contribution in [0.4, 0.5) is 10.5 Å². The molecule has 0 bridgehead atoms. The largest absolute Gasteiger partial charge is 0.331 e. The first-order valence-electron chi connectivity index (χ1n) is 6.73. The van der Waals surface area contributed by atoms with E-state index in [1.165, 1.54) is 0 Å². The van der Waals surface area contributed by atoms with E-state index in [9.17, 15) is 4.79 Å². The molecule has 0 saturated heterocycles. The number of benzene rings is 1. The van der Waals surface area contributed by atoms with Crippen molar-refractivity contribution in [2.45, 2.75) is 13.5 Å². The number of aromatic nitrogens is 3. The zero-order valence-corrected chi connectivity index (χ0v) is 12.6. The van der Waals surface area contributed by atoms with Gasteiger partial charge in [-0.1, -0.05) is 23.7 Å². The van der Waals surface area contributed by atoms with Crippen molar-refractivity contribution in [3.8, 4) is 0 Å². The van der Waals surface area contributed by atoms with Crippen LogP contribution in [0.5, 0.6) is 0 Å². The summed E-state index contributed by atoms with van der Waals surface area (Å²) in [5.41, 5.74) is 2.34. The number of fused-ring (bicyclic) bond motifs is 1. The van der Waals surface area contributed by atoms with Crippen molar-refractivity contribution >= 4 is 29.0 Å². The van der Waals surface area contributed by atoms with Gasteiger partial charge in [0.25, 0.3) is 0 Å². The molecule has 0 aliphatic carbocycles. The van der Waals surface area contributed by atoms with E-state index in [2.05, 4.69) is 20.8 Å². The number of urea groups is 1. The fourth-order valence-electron chi connectivity index (χ4n) is 2.02. The maximum absolute atomic E-state index is 11.9. The molecule has 2 aromatic heterocycles. The standard InChI is InChI=1S/C15H14ClN5O/c1-10-5-6-11(8-12(10)16)18-15(22)17-9-14-20-19-13-4-2-3-7-21(13)14/h2-8H,9H2,1H3,(H2,17,18,22). The van der Waals surface area contributed by atoms with Crippen LogP contribution in [0.25, 0.3) is 5.65 Å². The van der Waals surface area contributed by atoms with Crippen molar-refractivity contribution in [1.82, 2.24) is 19.9 Å². The van der Waals surface area contributed by atoms with E-state index >= 15 is 0 Å². The third-order valence-corrected chi connectivity index (χ3v) is 3.63. The van der Waals surface area contributed by atoms with Crippen molar-refractivity contribution in [2.75, 3.05) is 5.32 Å². The minimum atomic E-state index is -0.326. The summed E-state index contributed by atoms with van der Waals surface area (Å²) in [6.45, 7) is 2.18. The number of hydrogen-bond acceptors (Lipinski definition) is 3. The molecule has 0 saturated carbocycles. The first-order chi connectivity index (χ1) is 10.6. The Morgan fingerprint density at radius 2 is 2.14 bits per heavy atom. The molecule has 0 aliphatic heterocycles. The van der Waals surface area contributed by atoms with Crippen LogP contribution in [0.1, 0.15) is 11.4 Å². The monoisotopic (exact) mass is 315 g/mol. The summed E-state index contributed by atoms with van der Waals surface area (Å²) in [7, 11) is 0. The first-order valence-corrected chi connectivity index (χ1v) is 7.11. The van der Waals surface area contributed by atoms with Crippen molar-refractivity contribution < 1.29 is 4.79 Å². The molecule has 0 spiro atoms. The molecule has 6 nitrogen and oxygen atoms in total. The molecular formula is C15H14ClN5O. The molecule has 2 heterocycles. The summed E-state index contributed by atoms with van der Waals surface area (Å²) >= 11 is 6.03. The third-order valence-electron chi connectivity index (χ3n) is 3.22. The summed E-state index contributed by atoms with van der Waals surface area (Å²) in [5, 5.41) is 14.2. The summed E-state index contributed by atoms with van der Waals surface area (Å²) in [6.07, 6.45) is 1.85. The van der Waals surface area contributed by atoms with Gasteiger partial charge in [0.05, 0.1) is 6.54 Å². The number of halogens is 1. The Morgan fingerprint density at radius 1 is 1.27 bits per heavy atom. The maximum Gasteiger partial charge on any atom is 0.319 e. The van der Waals surface area contributed by atoms with Gasteiger partial charge in [-0.2, -0.15) is 0 Å². The molecule has 2 N–H and O–H groups in total. The Labute approximate surface area is 132 Å². The molecule has 0 fully saturated rings. The average molecular weight is 316 g/mol. The number of nitrogens with zero attached hydrogens (tertiary/aromatic N) is 3. The molecule has 7 heteroatoms. The quantitative estimate of drug-likeness (QED) is 0.780. The second-order valence-electron chi connectivity index (χ2n) is 4.82. The van der Waals surface area contributed by atoms with Gasteiger partial charge in [-0.3, -0.25) is 4.40 Å². The Balaban J connectivity index is 1.63. The number of carbonyl (C=O) groups is 1. The second-order valence-corrected chi connectivity index (χ2v) is 5.22. The molecule has 0 aliphatic rings. The van der Waals surface area contributed by atoms with Crippen LogP contribution in [0.15, 0.2) is 42.6 Å². The van der Waals surface area contributed by atoms with E-state index in [0.29, 0.717) is 16.5 Å². The minimum absolute atomic E-state index is 0.274. The van der Waals surface area contributed by atoms with Gasteiger partial charge in [0, 0.05) is 16.9 Å².